The van der Waals surface area contributed by atoms with Crippen molar-refractivity contribution in [3.05, 3.63) is 30.4 Å². The molecule has 0 bridgehead atoms. The molecule has 1 aromatic heterocycles. The van der Waals surface area contributed by atoms with E-state index in [1.165, 1.54) is 12.1 Å². The van der Waals surface area contributed by atoms with Gasteiger partial charge in [0.25, 0.3) is 0 Å². The van der Waals surface area contributed by atoms with Gasteiger partial charge in [0.2, 0.25) is 0 Å². The lowest BCUT2D eigenvalue weighted by molar-refractivity contribution is 0.602. The van der Waals surface area contributed by atoms with Gasteiger partial charge in [0.15, 0.2) is 15.7 Å². The van der Waals surface area contributed by atoms with E-state index in [0.717, 1.165) is 6.26 Å². The van der Waals surface area contributed by atoms with Crippen molar-refractivity contribution in [1.82, 2.24) is 14.8 Å². The summed E-state index contributed by atoms with van der Waals surface area (Å²) in [5.74, 6) is 0.633. The zero-order chi connectivity index (χ0) is 14.0. The van der Waals surface area contributed by atoms with Crippen molar-refractivity contribution in [2.24, 2.45) is 7.05 Å². The SMILES string of the molecule is Cn1cnc(CNc2ccc(S(C)(=O)=O)cc2N)n1. The van der Waals surface area contributed by atoms with Crippen LogP contribution in [0, 0.1) is 0 Å². The maximum atomic E-state index is 11.4. The minimum absolute atomic E-state index is 0.200. The van der Waals surface area contributed by atoms with Crippen LogP contribution in [-0.4, -0.2) is 29.4 Å². The molecule has 2 rings (SSSR count). The number of aromatic nitrogens is 3. The molecule has 3 N–H and O–H groups in total. The molecule has 0 atom stereocenters. The third kappa shape index (κ3) is 3.22. The Morgan fingerprint density at radius 1 is 1.42 bits per heavy atom. The van der Waals surface area contributed by atoms with Crippen molar-refractivity contribution in [3.63, 3.8) is 0 Å². The first-order valence-corrected chi connectivity index (χ1v) is 7.43. The third-order valence-corrected chi connectivity index (χ3v) is 3.65. The molecule has 0 unspecified atom stereocenters. The molecule has 0 aliphatic carbocycles. The molecule has 1 heterocycles. The summed E-state index contributed by atoms with van der Waals surface area (Å²) in [7, 11) is -1.46. The van der Waals surface area contributed by atoms with Gasteiger partial charge in [-0.15, -0.1) is 0 Å². The first-order valence-electron chi connectivity index (χ1n) is 5.54. The van der Waals surface area contributed by atoms with Crippen LogP contribution in [0.5, 0.6) is 0 Å². The Morgan fingerprint density at radius 3 is 2.68 bits per heavy atom. The molecule has 7 nitrogen and oxygen atoms in total. The van der Waals surface area contributed by atoms with E-state index in [9.17, 15) is 8.42 Å². The summed E-state index contributed by atoms with van der Waals surface area (Å²) in [6.07, 6.45) is 2.75. The Hall–Kier alpha value is -2.09. The molecule has 0 saturated carbocycles. The van der Waals surface area contributed by atoms with Gasteiger partial charge in [-0.2, -0.15) is 5.10 Å². The summed E-state index contributed by atoms with van der Waals surface area (Å²) in [4.78, 5) is 4.27. The van der Waals surface area contributed by atoms with Gasteiger partial charge in [-0.25, -0.2) is 13.4 Å². The lowest BCUT2D eigenvalue weighted by Gasteiger charge is -2.08. The topological polar surface area (TPSA) is 103 Å². The number of sulfone groups is 1. The van der Waals surface area contributed by atoms with E-state index >= 15 is 0 Å². The van der Waals surface area contributed by atoms with Gasteiger partial charge in [-0.3, -0.25) is 4.68 Å². The van der Waals surface area contributed by atoms with Gasteiger partial charge in [-0.1, -0.05) is 0 Å². The molecule has 0 fully saturated rings. The zero-order valence-corrected chi connectivity index (χ0v) is 11.5. The van der Waals surface area contributed by atoms with Gasteiger partial charge >= 0.3 is 0 Å². The predicted octanol–water partition coefficient (Wildman–Crippen LogP) is 0.413. The largest absolute Gasteiger partial charge is 0.397 e. The fourth-order valence-corrected chi connectivity index (χ4v) is 2.23. The summed E-state index contributed by atoms with van der Waals surface area (Å²) >= 11 is 0. The number of hydrogen-bond donors (Lipinski definition) is 2. The van der Waals surface area contributed by atoms with Crippen LogP contribution >= 0.6 is 0 Å². The standard InChI is InChI=1S/C11H15N5O2S/c1-16-7-14-11(15-16)6-13-10-4-3-8(5-9(10)12)19(2,17)18/h3-5,7,13H,6,12H2,1-2H3. The van der Waals surface area contributed by atoms with Crippen LogP contribution in [0.25, 0.3) is 0 Å². The number of anilines is 2. The fraction of sp³-hybridized carbons (Fsp3) is 0.273. The predicted molar refractivity (Wildman–Crippen MR) is 72.3 cm³/mol. The second-order valence-electron chi connectivity index (χ2n) is 4.21. The van der Waals surface area contributed by atoms with Crippen LogP contribution in [-0.2, 0) is 23.4 Å². The highest BCUT2D eigenvalue weighted by Crippen LogP contribution is 2.22. The number of nitrogens with one attached hydrogen (secondary N) is 1. The van der Waals surface area contributed by atoms with Gasteiger partial charge in [0.05, 0.1) is 22.8 Å². The lowest BCUT2D eigenvalue weighted by Crippen LogP contribution is -2.06. The molecule has 102 valence electrons. The van der Waals surface area contributed by atoms with Gasteiger partial charge in [-0.05, 0) is 18.2 Å². The molecule has 1 aromatic carbocycles. The van der Waals surface area contributed by atoms with E-state index < -0.39 is 9.84 Å². The number of nitrogen functional groups attached to an aromatic ring is 1. The molecular weight excluding hydrogens is 266 g/mol. The monoisotopic (exact) mass is 281 g/mol. The van der Waals surface area contributed by atoms with Crippen LogP contribution in [0.3, 0.4) is 0 Å². The highest BCUT2D eigenvalue weighted by atomic mass is 32.2. The van der Waals surface area contributed by atoms with E-state index in [4.69, 9.17) is 5.73 Å². The number of rotatable bonds is 4. The summed E-state index contributed by atoms with van der Waals surface area (Å²) in [5, 5.41) is 7.18. The minimum Gasteiger partial charge on any atom is -0.397 e. The van der Waals surface area contributed by atoms with Gasteiger partial charge in [0, 0.05) is 13.3 Å². The summed E-state index contributed by atoms with van der Waals surface area (Å²) in [6, 6.07) is 4.58. The van der Waals surface area contributed by atoms with Gasteiger partial charge < -0.3 is 11.1 Å². The Labute approximate surface area is 111 Å². The average Bonchev–Trinajstić information content (AvgIpc) is 2.72. The third-order valence-electron chi connectivity index (χ3n) is 2.54. The fourth-order valence-electron chi connectivity index (χ4n) is 1.57. The summed E-state index contributed by atoms with van der Waals surface area (Å²) < 4.78 is 24.4. The average molecular weight is 281 g/mol. The first kappa shape index (κ1) is 13.3. The molecule has 0 aliphatic rings. The van der Waals surface area contributed by atoms with Crippen molar-refractivity contribution < 1.29 is 8.42 Å². The maximum absolute atomic E-state index is 11.4. The van der Waals surface area contributed by atoms with E-state index in [-0.39, 0.29) is 4.90 Å². The molecular formula is C11H15N5O2S. The Balaban J connectivity index is 2.14. The van der Waals surface area contributed by atoms with E-state index in [0.29, 0.717) is 23.7 Å². The smallest absolute Gasteiger partial charge is 0.175 e. The van der Waals surface area contributed by atoms with Crippen LogP contribution in [0.1, 0.15) is 5.82 Å². The van der Waals surface area contributed by atoms with E-state index in [2.05, 4.69) is 15.4 Å². The Kier molecular flexibility index (Phi) is 3.43. The van der Waals surface area contributed by atoms with Crippen LogP contribution in [0.2, 0.25) is 0 Å². The van der Waals surface area contributed by atoms with Crippen LogP contribution in [0.15, 0.2) is 29.4 Å². The second-order valence-corrected chi connectivity index (χ2v) is 6.22. The number of nitrogens with zero attached hydrogens (tertiary/aromatic N) is 3. The Morgan fingerprint density at radius 2 is 2.16 bits per heavy atom. The molecule has 0 spiro atoms. The van der Waals surface area contributed by atoms with Crippen molar-refractivity contribution in [2.45, 2.75) is 11.4 Å². The highest BCUT2D eigenvalue weighted by molar-refractivity contribution is 7.90. The van der Waals surface area contributed by atoms with Crippen molar-refractivity contribution in [3.8, 4) is 0 Å². The molecule has 0 radical (unpaired) electrons. The number of hydrogen-bond acceptors (Lipinski definition) is 6. The molecule has 0 saturated heterocycles. The number of aryl methyl sites for hydroxylation is 1. The first-order chi connectivity index (χ1) is 8.86. The van der Waals surface area contributed by atoms with Crippen molar-refractivity contribution in [1.29, 1.82) is 0 Å². The van der Waals surface area contributed by atoms with Crippen LogP contribution in [0.4, 0.5) is 11.4 Å². The maximum Gasteiger partial charge on any atom is 0.175 e. The van der Waals surface area contributed by atoms with Crippen molar-refractivity contribution >= 4 is 21.2 Å². The number of nitrogens with two attached hydrogens (primary N) is 1. The van der Waals surface area contributed by atoms with Gasteiger partial charge in [0.1, 0.15) is 6.33 Å². The zero-order valence-electron chi connectivity index (χ0n) is 10.7. The second kappa shape index (κ2) is 4.88. The lowest BCUT2D eigenvalue weighted by atomic mass is 10.2. The summed E-state index contributed by atoms with van der Waals surface area (Å²) in [6.45, 7) is 0.420. The molecule has 19 heavy (non-hydrogen) atoms. The molecule has 0 amide bonds. The van der Waals surface area contributed by atoms with Crippen LogP contribution < -0.4 is 11.1 Å². The minimum atomic E-state index is -3.24. The Bertz CT molecular complexity index is 693. The number of benzene rings is 1. The highest BCUT2D eigenvalue weighted by Gasteiger charge is 2.09. The normalized spacial score (nSPS) is 11.5. The molecule has 0 aliphatic heterocycles. The molecule has 2 aromatic rings. The van der Waals surface area contributed by atoms with Crippen molar-refractivity contribution in [2.75, 3.05) is 17.3 Å². The summed E-state index contributed by atoms with van der Waals surface area (Å²) in [5.41, 5.74) is 6.84. The van der Waals surface area contributed by atoms with E-state index in [1.54, 1.807) is 24.1 Å². The molecule has 8 heteroatoms. The quantitative estimate of drug-likeness (QED) is 0.787. The van der Waals surface area contributed by atoms with E-state index in [1.807, 2.05) is 0 Å².